The van der Waals surface area contributed by atoms with E-state index in [0.29, 0.717) is 19.3 Å². The van der Waals surface area contributed by atoms with Crippen LogP contribution in [-0.4, -0.2) is 24.7 Å². The maximum atomic E-state index is 13.2. The zero-order valence-corrected chi connectivity index (χ0v) is 11.8. The zero-order valence-electron chi connectivity index (χ0n) is 11.0. The summed E-state index contributed by atoms with van der Waals surface area (Å²) in [5.41, 5.74) is 0. The van der Waals surface area contributed by atoms with E-state index in [1.165, 1.54) is 18.2 Å². The van der Waals surface area contributed by atoms with Gasteiger partial charge < -0.3 is 5.11 Å². The molecule has 1 N–H and O–H groups in total. The Morgan fingerprint density at radius 3 is 2.75 bits per heavy atom. The third kappa shape index (κ3) is 3.36. The number of benzene rings is 1. The van der Waals surface area contributed by atoms with Crippen LogP contribution in [0.5, 0.6) is 0 Å². The predicted molar refractivity (Wildman–Crippen MR) is 71.6 cm³/mol. The number of rotatable bonds is 4. The van der Waals surface area contributed by atoms with Crippen molar-refractivity contribution in [3.05, 3.63) is 30.1 Å². The summed E-state index contributed by atoms with van der Waals surface area (Å²) >= 11 is 0. The summed E-state index contributed by atoms with van der Waals surface area (Å²) in [6, 6.07) is 4.99. The van der Waals surface area contributed by atoms with E-state index in [1.54, 1.807) is 0 Å². The Kier molecular flexibility index (Phi) is 4.42. The third-order valence-electron chi connectivity index (χ3n) is 3.76. The number of sulfone groups is 1. The molecule has 1 aliphatic rings. The summed E-state index contributed by atoms with van der Waals surface area (Å²) in [6.07, 6.45) is 2.27. The molecule has 4 nitrogen and oxygen atoms in total. The first-order valence-electron chi connectivity index (χ1n) is 6.61. The summed E-state index contributed by atoms with van der Waals surface area (Å²) in [7, 11) is -3.59. The monoisotopic (exact) mass is 300 g/mol. The normalized spacial score (nSPS) is 23.4. The fourth-order valence-electron chi connectivity index (χ4n) is 2.79. The second kappa shape index (κ2) is 5.91. The van der Waals surface area contributed by atoms with Crippen molar-refractivity contribution in [1.29, 1.82) is 0 Å². The van der Waals surface area contributed by atoms with Crippen molar-refractivity contribution in [1.82, 2.24) is 0 Å². The highest BCUT2D eigenvalue weighted by Crippen LogP contribution is 2.33. The minimum absolute atomic E-state index is 0.00479. The van der Waals surface area contributed by atoms with Gasteiger partial charge in [-0.3, -0.25) is 4.79 Å². The molecule has 0 spiro atoms. The highest BCUT2D eigenvalue weighted by Gasteiger charge is 2.33. The largest absolute Gasteiger partial charge is 0.481 e. The molecule has 1 aliphatic carbocycles. The third-order valence-corrected chi connectivity index (χ3v) is 5.98. The number of hydrogen-bond acceptors (Lipinski definition) is 3. The molecular weight excluding hydrogens is 283 g/mol. The van der Waals surface area contributed by atoms with Crippen molar-refractivity contribution in [3.63, 3.8) is 0 Å². The maximum absolute atomic E-state index is 13.2. The van der Waals surface area contributed by atoms with E-state index in [-0.39, 0.29) is 17.2 Å². The van der Waals surface area contributed by atoms with Crippen molar-refractivity contribution < 1.29 is 22.7 Å². The fraction of sp³-hybridized carbons (Fsp3) is 0.500. The molecule has 2 atom stereocenters. The zero-order chi connectivity index (χ0) is 14.8. The summed E-state index contributed by atoms with van der Waals surface area (Å²) in [5.74, 6) is -1.60. The Morgan fingerprint density at radius 1 is 1.35 bits per heavy atom. The Bertz CT molecular complexity index is 597. The van der Waals surface area contributed by atoms with Crippen LogP contribution in [0.1, 0.15) is 32.1 Å². The lowest BCUT2D eigenvalue weighted by molar-refractivity contribution is -0.138. The van der Waals surface area contributed by atoms with E-state index in [9.17, 15) is 17.6 Å². The number of carbonyl (C=O) groups is 1. The molecule has 0 radical (unpaired) electrons. The number of carboxylic acid groups (broad SMARTS) is 1. The Hall–Kier alpha value is -1.43. The molecule has 0 amide bonds. The van der Waals surface area contributed by atoms with Crippen LogP contribution >= 0.6 is 0 Å². The molecule has 20 heavy (non-hydrogen) atoms. The van der Waals surface area contributed by atoms with Crippen molar-refractivity contribution in [2.75, 3.05) is 0 Å². The number of hydrogen-bond donors (Lipinski definition) is 1. The Morgan fingerprint density at radius 2 is 2.10 bits per heavy atom. The van der Waals surface area contributed by atoms with Gasteiger partial charge in [0.2, 0.25) is 0 Å². The van der Waals surface area contributed by atoms with Gasteiger partial charge in [-0.05, 0) is 43.4 Å². The molecule has 0 bridgehead atoms. The molecule has 110 valence electrons. The van der Waals surface area contributed by atoms with Crippen LogP contribution in [0.4, 0.5) is 4.39 Å². The lowest BCUT2D eigenvalue weighted by Gasteiger charge is -2.28. The van der Waals surface area contributed by atoms with E-state index >= 15 is 0 Å². The van der Waals surface area contributed by atoms with Crippen LogP contribution in [0.25, 0.3) is 0 Å². The van der Waals surface area contributed by atoms with Crippen molar-refractivity contribution in [2.24, 2.45) is 5.92 Å². The molecule has 1 saturated carbocycles. The second-order valence-corrected chi connectivity index (χ2v) is 7.48. The Labute approximate surface area is 117 Å². The molecule has 2 unspecified atom stereocenters. The van der Waals surface area contributed by atoms with Crippen molar-refractivity contribution in [3.8, 4) is 0 Å². The van der Waals surface area contributed by atoms with Gasteiger partial charge in [0.25, 0.3) is 0 Å². The van der Waals surface area contributed by atoms with Crippen LogP contribution in [0, 0.1) is 11.7 Å². The minimum Gasteiger partial charge on any atom is -0.481 e. The molecule has 0 heterocycles. The second-order valence-electron chi connectivity index (χ2n) is 5.25. The lowest BCUT2D eigenvalue weighted by Crippen LogP contribution is -2.29. The standard InChI is InChI=1S/C14H17FO4S/c15-11-4-2-6-13(9-11)20(18,19)12-5-1-3-10(7-12)8-14(16)17/h2,4,6,9-10,12H,1,3,5,7-8H2,(H,16,17). The van der Waals surface area contributed by atoms with Gasteiger partial charge >= 0.3 is 5.97 Å². The van der Waals surface area contributed by atoms with Gasteiger partial charge in [-0.15, -0.1) is 0 Å². The van der Waals surface area contributed by atoms with Gasteiger partial charge in [-0.2, -0.15) is 0 Å². The van der Waals surface area contributed by atoms with E-state index < -0.39 is 26.9 Å². The van der Waals surface area contributed by atoms with Gasteiger partial charge in [-0.1, -0.05) is 12.5 Å². The minimum atomic E-state index is -3.59. The van der Waals surface area contributed by atoms with Crippen molar-refractivity contribution >= 4 is 15.8 Å². The average molecular weight is 300 g/mol. The average Bonchev–Trinajstić information content (AvgIpc) is 2.38. The molecule has 1 fully saturated rings. The van der Waals surface area contributed by atoms with Crippen LogP contribution in [0.3, 0.4) is 0 Å². The first-order valence-corrected chi connectivity index (χ1v) is 8.15. The van der Waals surface area contributed by atoms with Crippen molar-refractivity contribution in [2.45, 2.75) is 42.2 Å². The number of aliphatic carboxylic acids is 1. The van der Waals surface area contributed by atoms with Gasteiger partial charge in [0.15, 0.2) is 9.84 Å². The lowest BCUT2D eigenvalue weighted by atomic mass is 9.87. The van der Waals surface area contributed by atoms with E-state index in [0.717, 1.165) is 12.5 Å². The quantitative estimate of drug-likeness (QED) is 0.928. The van der Waals surface area contributed by atoms with Crippen LogP contribution in [0.15, 0.2) is 29.2 Å². The topological polar surface area (TPSA) is 71.4 Å². The van der Waals surface area contributed by atoms with E-state index in [1.807, 2.05) is 0 Å². The summed E-state index contributed by atoms with van der Waals surface area (Å²) in [6.45, 7) is 0. The van der Waals surface area contributed by atoms with E-state index in [2.05, 4.69) is 0 Å². The maximum Gasteiger partial charge on any atom is 0.303 e. The highest BCUT2D eigenvalue weighted by atomic mass is 32.2. The highest BCUT2D eigenvalue weighted by molar-refractivity contribution is 7.92. The molecule has 1 aromatic carbocycles. The molecule has 0 aliphatic heterocycles. The first-order chi connectivity index (χ1) is 9.39. The molecule has 2 rings (SSSR count). The Balaban J connectivity index is 2.19. The first kappa shape index (κ1) is 15.0. The van der Waals surface area contributed by atoms with Crippen LogP contribution in [-0.2, 0) is 14.6 Å². The van der Waals surface area contributed by atoms with Crippen LogP contribution < -0.4 is 0 Å². The fourth-order valence-corrected chi connectivity index (χ4v) is 4.72. The SMILES string of the molecule is O=C(O)CC1CCCC(S(=O)(=O)c2cccc(F)c2)C1. The van der Waals surface area contributed by atoms with E-state index in [4.69, 9.17) is 5.11 Å². The van der Waals surface area contributed by atoms with Gasteiger partial charge in [0.1, 0.15) is 5.82 Å². The summed E-state index contributed by atoms with van der Waals surface area (Å²) < 4.78 is 38.1. The molecule has 0 aromatic heterocycles. The molecular formula is C14H17FO4S. The number of halogens is 1. The molecule has 1 aromatic rings. The molecule has 0 saturated heterocycles. The summed E-state index contributed by atoms with van der Waals surface area (Å²) in [4.78, 5) is 10.7. The van der Waals surface area contributed by atoms with Gasteiger partial charge in [-0.25, -0.2) is 12.8 Å². The predicted octanol–water partition coefficient (Wildman–Crippen LogP) is 2.63. The summed E-state index contributed by atoms with van der Waals surface area (Å²) in [5, 5.41) is 8.20. The van der Waals surface area contributed by atoms with Crippen LogP contribution in [0.2, 0.25) is 0 Å². The number of carboxylic acids is 1. The van der Waals surface area contributed by atoms with Gasteiger partial charge in [0.05, 0.1) is 10.1 Å². The molecule has 6 heteroatoms. The smallest absolute Gasteiger partial charge is 0.303 e. The van der Waals surface area contributed by atoms with Gasteiger partial charge in [0, 0.05) is 6.42 Å².